The van der Waals surface area contributed by atoms with Crippen LogP contribution < -0.4 is 0 Å². The third-order valence-corrected chi connectivity index (χ3v) is 5.35. The quantitative estimate of drug-likeness (QED) is 0.901. The van der Waals surface area contributed by atoms with Gasteiger partial charge in [-0.3, -0.25) is 4.79 Å². The van der Waals surface area contributed by atoms with E-state index in [0.29, 0.717) is 19.5 Å². The second-order valence-electron chi connectivity index (χ2n) is 6.42. The lowest BCUT2D eigenvalue weighted by Gasteiger charge is -2.34. The summed E-state index contributed by atoms with van der Waals surface area (Å²) in [5.74, 6) is -0.920. The molecule has 1 saturated carbocycles. The number of likely N-dealkylation sites (tertiary alicyclic amines) is 1. The molecule has 1 aromatic carbocycles. The average Bonchev–Trinajstić information content (AvgIpc) is 3.22. The van der Waals surface area contributed by atoms with E-state index in [4.69, 9.17) is 16.7 Å². The largest absolute Gasteiger partial charge is 0.465 e. The summed E-state index contributed by atoms with van der Waals surface area (Å²) in [6.45, 7) is 0.706. The van der Waals surface area contributed by atoms with Crippen molar-refractivity contribution in [2.24, 2.45) is 0 Å². The Kier molecular flexibility index (Phi) is 4.94. The van der Waals surface area contributed by atoms with Gasteiger partial charge in [0.05, 0.1) is 16.6 Å². The van der Waals surface area contributed by atoms with Crippen molar-refractivity contribution in [3.05, 3.63) is 34.6 Å². The lowest BCUT2D eigenvalue weighted by molar-refractivity contribution is 0.0579. The van der Waals surface area contributed by atoms with E-state index >= 15 is 0 Å². The molecule has 0 radical (unpaired) electrons. The molecule has 7 heteroatoms. The van der Waals surface area contributed by atoms with Crippen LogP contribution in [0.1, 0.15) is 42.5 Å². The third-order valence-electron chi connectivity index (χ3n) is 4.96. The minimum atomic E-state index is -0.972. The predicted molar refractivity (Wildman–Crippen MR) is 87.8 cm³/mol. The van der Waals surface area contributed by atoms with Crippen molar-refractivity contribution in [1.29, 1.82) is 0 Å². The number of nitrogens with zero attached hydrogens (tertiary/aromatic N) is 2. The van der Waals surface area contributed by atoms with Crippen LogP contribution in [-0.4, -0.2) is 52.1 Å². The van der Waals surface area contributed by atoms with Gasteiger partial charge >= 0.3 is 6.09 Å². The number of amides is 2. The van der Waals surface area contributed by atoms with Gasteiger partial charge in [0.25, 0.3) is 5.91 Å². The lowest BCUT2D eigenvalue weighted by Crippen LogP contribution is -2.48. The molecule has 5 nitrogen and oxygen atoms in total. The number of benzene rings is 1. The van der Waals surface area contributed by atoms with E-state index in [2.05, 4.69) is 0 Å². The molecule has 1 N–H and O–H groups in total. The highest BCUT2D eigenvalue weighted by atomic mass is 35.5. The monoisotopic (exact) mass is 354 g/mol. The first-order chi connectivity index (χ1) is 11.5. The fourth-order valence-electron chi connectivity index (χ4n) is 3.76. The van der Waals surface area contributed by atoms with Crippen molar-refractivity contribution in [3.63, 3.8) is 0 Å². The molecule has 1 aliphatic carbocycles. The molecular formula is C17H20ClFN2O3. The Morgan fingerprint density at radius 2 is 1.92 bits per heavy atom. The fourth-order valence-corrected chi connectivity index (χ4v) is 3.97. The van der Waals surface area contributed by atoms with Crippen LogP contribution in [0.5, 0.6) is 0 Å². The summed E-state index contributed by atoms with van der Waals surface area (Å²) in [5.41, 5.74) is 0.150. The van der Waals surface area contributed by atoms with Gasteiger partial charge in [0.15, 0.2) is 0 Å². The Labute approximate surface area is 145 Å². The number of hydrogen-bond donors (Lipinski definition) is 1. The smallest absolute Gasteiger partial charge is 0.407 e. The summed E-state index contributed by atoms with van der Waals surface area (Å²) < 4.78 is 13.7. The van der Waals surface area contributed by atoms with Gasteiger partial charge in [0.2, 0.25) is 0 Å². The molecule has 2 amide bonds. The molecule has 1 aromatic rings. The van der Waals surface area contributed by atoms with Gasteiger partial charge in [-0.25, -0.2) is 9.18 Å². The Bertz CT molecular complexity index is 649. The summed E-state index contributed by atoms with van der Waals surface area (Å²) in [6, 6.07) is 4.10. The van der Waals surface area contributed by atoms with E-state index in [1.807, 2.05) is 0 Å². The number of hydrogen-bond acceptors (Lipinski definition) is 2. The topological polar surface area (TPSA) is 60.9 Å². The van der Waals surface area contributed by atoms with Gasteiger partial charge in [0.1, 0.15) is 5.82 Å². The number of carbonyl (C=O) groups excluding carboxylic acids is 1. The number of halogens is 2. The summed E-state index contributed by atoms with van der Waals surface area (Å²) in [7, 11) is 0. The molecule has 0 unspecified atom stereocenters. The van der Waals surface area contributed by atoms with Crippen LogP contribution >= 0.6 is 11.6 Å². The first kappa shape index (κ1) is 17.0. The van der Waals surface area contributed by atoms with E-state index in [1.165, 1.54) is 23.1 Å². The molecular weight excluding hydrogens is 335 g/mol. The normalized spacial score (nSPS) is 21.2. The van der Waals surface area contributed by atoms with Crippen molar-refractivity contribution in [3.8, 4) is 0 Å². The molecule has 1 saturated heterocycles. The van der Waals surface area contributed by atoms with Gasteiger partial charge < -0.3 is 14.9 Å². The fraction of sp³-hybridized carbons (Fsp3) is 0.529. The number of carboxylic acid groups (broad SMARTS) is 1. The summed E-state index contributed by atoms with van der Waals surface area (Å²) in [6.07, 6.45) is 3.49. The Hall–Kier alpha value is -1.82. The van der Waals surface area contributed by atoms with E-state index < -0.39 is 11.9 Å². The maximum atomic E-state index is 13.7. The van der Waals surface area contributed by atoms with Crippen LogP contribution in [-0.2, 0) is 0 Å². The zero-order valence-electron chi connectivity index (χ0n) is 13.3. The maximum absolute atomic E-state index is 13.7. The average molecular weight is 355 g/mol. The molecule has 0 spiro atoms. The Morgan fingerprint density at radius 1 is 1.21 bits per heavy atom. The second kappa shape index (κ2) is 6.97. The van der Waals surface area contributed by atoms with Crippen LogP contribution in [0.4, 0.5) is 9.18 Å². The minimum absolute atomic E-state index is 0.0654. The van der Waals surface area contributed by atoms with Crippen molar-refractivity contribution in [2.75, 3.05) is 13.1 Å². The van der Waals surface area contributed by atoms with Crippen LogP contribution in [0.25, 0.3) is 0 Å². The van der Waals surface area contributed by atoms with Gasteiger partial charge in [-0.15, -0.1) is 0 Å². The van der Waals surface area contributed by atoms with Gasteiger partial charge in [-0.2, -0.15) is 0 Å². The molecule has 2 aliphatic rings. The highest BCUT2D eigenvalue weighted by Crippen LogP contribution is 2.31. The zero-order chi connectivity index (χ0) is 17.3. The van der Waals surface area contributed by atoms with Gasteiger partial charge in [0, 0.05) is 19.1 Å². The van der Waals surface area contributed by atoms with Gasteiger partial charge in [-0.1, -0.05) is 30.5 Å². The van der Waals surface area contributed by atoms with E-state index in [-0.39, 0.29) is 28.6 Å². The third kappa shape index (κ3) is 3.20. The molecule has 0 bridgehead atoms. The summed E-state index contributed by atoms with van der Waals surface area (Å²) in [5, 5.41) is 9.00. The molecule has 2 fully saturated rings. The summed E-state index contributed by atoms with van der Waals surface area (Å²) >= 11 is 6.00. The van der Waals surface area contributed by atoms with Crippen molar-refractivity contribution in [1.82, 2.24) is 9.80 Å². The number of carbonyl (C=O) groups is 2. The highest BCUT2D eigenvalue weighted by molar-refractivity contribution is 6.34. The number of rotatable bonds is 3. The van der Waals surface area contributed by atoms with E-state index in [0.717, 1.165) is 25.7 Å². The molecule has 0 aromatic heterocycles. The van der Waals surface area contributed by atoms with Gasteiger partial charge in [-0.05, 0) is 31.4 Å². The second-order valence-corrected chi connectivity index (χ2v) is 6.80. The van der Waals surface area contributed by atoms with Crippen molar-refractivity contribution < 1.29 is 19.1 Å². The van der Waals surface area contributed by atoms with Crippen molar-refractivity contribution >= 4 is 23.6 Å². The zero-order valence-corrected chi connectivity index (χ0v) is 14.0. The van der Waals surface area contributed by atoms with Crippen LogP contribution in [0.3, 0.4) is 0 Å². The van der Waals surface area contributed by atoms with Crippen LogP contribution in [0.15, 0.2) is 18.2 Å². The summed E-state index contributed by atoms with van der Waals surface area (Å²) in [4.78, 5) is 27.3. The molecule has 3 rings (SSSR count). The Morgan fingerprint density at radius 3 is 2.54 bits per heavy atom. The SMILES string of the molecule is O=C(O)N1CC[C@H](N(C(=O)c2cccc(F)c2Cl)C2CCCC2)C1. The standard InChI is InChI=1S/C17H20ClFN2O3/c18-15-13(6-3-7-14(15)19)16(22)21(11-4-1-2-5-11)12-8-9-20(10-12)17(23)24/h3,6-7,11-12H,1-2,4-5,8-10H2,(H,23,24)/t12-/m0/s1. The van der Waals surface area contributed by atoms with Crippen LogP contribution in [0, 0.1) is 5.82 Å². The predicted octanol–water partition coefficient (Wildman–Crippen LogP) is 3.62. The first-order valence-corrected chi connectivity index (χ1v) is 8.61. The molecule has 1 aliphatic heterocycles. The molecule has 1 heterocycles. The molecule has 130 valence electrons. The van der Waals surface area contributed by atoms with E-state index in [9.17, 15) is 14.0 Å². The molecule has 1 atom stereocenters. The maximum Gasteiger partial charge on any atom is 0.407 e. The van der Waals surface area contributed by atoms with Crippen molar-refractivity contribution in [2.45, 2.75) is 44.2 Å². The van der Waals surface area contributed by atoms with E-state index in [1.54, 1.807) is 4.90 Å². The van der Waals surface area contributed by atoms with Crippen LogP contribution in [0.2, 0.25) is 5.02 Å². The Balaban J connectivity index is 1.89. The first-order valence-electron chi connectivity index (χ1n) is 8.23. The highest BCUT2D eigenvalue weighted by Gasteiger charge is 2.38. The molecule has 24 heavy (non-hydrogen) atoms. The lowest BCUT2D eigenvalue weighted by atomic mass is 10.1. The minimum Gasteiger partial charge on any atom is -0.465 e.